The Kier molecular flexibility index (Phi) is 7.76. The largest absolute Gasteiger partial charge is 0.364 e. The van der Waals surface area contributed by atoms with Crippen molar-refractivity contribution >= 4 is 29.3 Å². The zero-order valence-electron chi connectivity index (χ0n) is 24.5. The number of amides is 3. The van der Waals surface area contributed by atoms with Crippen LogP contribution in [0.3, 0.4) is 0 Å². The Morgan fingerprint density at radius 3 is 2.37 bits per heavy atom. The summed E-state index contributed by atoms with van der Waals surface area (Å²) in [5.41, 5.74) is 8.60. The third kappa shape index (κ3) is 5.84. The van der Waals surface area contributed by atoms with Crippen molar-refractivity contribution in [3.63, 3.8) is 0 Å². The summed E-state index contributed by atoms with van der Waals surface area (Å²) in [6.07, 6.45) is 11.4. The first-order valence-electron chi connectivity index (χ1n) is 15.3. The lowest BCUT2D eigenvalue weighted by Gasteiger charge is -2.45. The van der Waals surface area contributed by atoms with Gasteiger partial charge in [0.05, 0.1) is 12.2 Å². The number of nitrogens with two attached hydrogens (primary N) is 1. The van der Waals surface area contributed by atoms with Crippen molar-refractivity contribution in [1.29, 1.82) is 0 Å². The number of likely N-dealkylation sites (tertiary alicyclic amines) is 1. The molecule has 0 unspecified atom stereocenters. The number of carbonyl (C=O) groups excluding carboxylic acids is 2. The summed E-state index contributed by atoms with van der Waals surface area (Å²) in [4.78, 5) is 42.4. The summed E-state index contributed by atoms with van der Waals surface area (Å²) in [5.74, 6) is 1.04. The van der Waals surface area contributed by atoms with E-state index in [-0.39, 0.29) is 17.8 Å². The lowest BCUT2D eigenvalue weighted by molar-refractivity contribution is 0.0741. The average molecular weight is 561 g/mol. The number of nitrogens with one attached hydrogen (secondary N) is 1. The molecule has 41 heavy (non-hydrogen) atoms. The fourth-order valence-corrected chi connectivity index (χ4v) is 7.36. The monoisotopic (exact) mass is 560 g/mol. The molecule has 1 aromatic carbocycles. The molecule has 6 rings (SSSR count). The molecule has 3 saturated heterocycles. The molecule has 4 aliphatic rings. The van der Waals surface area contributed by atoms with Crippen LogP contribution >= 0.6 is 0 Å². The normalized spacial score (nSPS) is 23.8. The maximum Gasteiger partial charge on any atom is 0.320 e. The minimum atomic E-state index is -0.615. The second-order valence-electron chi connectivity index (χ2n) is 12.8. The number of anilines is 3. The van der Waals surface area contributed by atoms with Crippen molar-refractivity contribution in [2.45, 2.75) is 63.3 Å². The Morgan fingerprint density at radius 1 is 0.976 bits per heavy atom. The number of hydrogen-bond acceptors (Lipinski definition) is 7. The summed E-state index contributed by atoms with van der Waals surface area (Å²) in [5, 5.41) is 3.32. The molecule has 0 bridgehead atoms. The number of benzene rings is 1. The van der Waals surface area contributed by atoms with Crippen molar-refractivity contribution in [2.75, 3.05) is 63.6 Å². The van der Waals surface area contributed by atoms with Gasteiger partial charge in [0.1, 0.15) is 5.82 Å². The zero-order chi connectivity index (χ0) is 28.6. The first kappa shape index (κ1) is 27.8. The molecule has 10 heteroatoms. The fourth-order valence-electron chi connectivity index (χ4n) is 7.36. The van der Waals surface area contributed by atoms with Gasteiger partial charge in [-0.1, -0.05) is 12.1 Å². The zero-order valence-corrected chi connectivity index (χ0v) is 24.5. The summed E-state index contributed by atoms with van der Waals surface area (Å²) in [7, 11) is 4.09. The van der Waals surface area contributed by atoms with Crippen molar-refractivity contribution < 1.29 is 9.59 Å². The predicted molar refractivity (Wildman–Crippen MR) is 161 cm³/mol. The maximum atomic E-state index is 12.6. The third-order valence-electron chi connectivity index (χ3n) is 10.1. The molecule has 1 aromatic heterocycles. The van der Waals surface area contributed by atoms with Gasteiger partial charge < -0.3 is 30.7 Å². The van der Waals surface area contributed by atoms with Gasteiger partial charge in [0, 0.05) is 38.9 Å². The molecule has 1 atom stereocenters. The van der Waals surface area contributed by atoms with Crippen LogP contribution in [0.15, 0.2) is 30.5 Å². The number of primary amides is 1. The van der Waals surface area contributed by atoms with E-state index in [9.17, 15) is 9.59 Å². The second-order valence-corrected chi connectivity index (χ2v) is 12.8. The van der Waals surface area contributed by atoms with Crippen molar-refractivity contribution in [2.24, 2.45) is 11.1 Å². The Bertz CT molecular complexity index is 1250. The molecule has 4 heterocycles. The number of rotatable bonds is 6. The molecule has 1 spiro atoms. The van der Waals surface area contributed by atoms with E-state index < -0.39 is 5.91 Å². The minimum Gasteiger partial charge on any atom is -0.364 e. The number of piperidine rings is 2. The molecule has 0 radical (unpaired) electrons. The number of nitrogens with zero attached hydrogens (tertiary/aromatic N) is 6. The lowest BCUT2D eigenvalue weighted by Crippen LogP contribution is -2.49. The number of likely N-dealkylation sites (N-methyl/N-ethyl adjacent to an activating group) is 1. The van der Waals surface area contributed by atoms with Gasteiger partial charge in [0.2, 0.25) is 0 Å². The quantitative estimate of drug-likeness (QED) is 0.549. The van der Waals surface area contributed by atoms with E-state index in [1.807, 2.05) is 11.9 Å². The smallest absolute Gasteiger partial charge is 0.320 e. The summed E-state index contributed by atoms with van der Waals surface area (Å²) < 4.78 is 0. The van der Waals surface area contributed by atoms with Crippen molar-refractivity contribution in [3.8, 4) is 0 Å². The Labute approximate surface area is 243 Å². The van der Waals surface area contributed by atoms with Gasteiger partial charge in [0.25, 0.3) is 5.91 Å². The van der Waals surface area contributed by atoms with E-state index >= 15 is 0 Å². The number of urea groups is 1. The van der Waals surface area contributed by atoms with Crippen LogP contribution in [-0.4, -0.2) is 96.0 Å². The molecule has 3 N–H and O–H groups in total. The highest BCUT2D eigenvalue weighted by atomic mass is 16.2. The molecule has 2 aromatic rings. The number of aromatic nitrogens is 2. The summed E-state index contributed by atoms with van der Waals surface area (Å²) in [6, 6.07) is 8.78. The Balaban J connectivity index is 1.12. The standard InChI is InChI=1S/C31H44N8O2/c1-36-16-13-31(14-17-36)11-9-23(10-12-31)22-5-7-24(8-6-22)34-29-27(28(32)40)33-20-26(35-29)38-15-3-4-25(21-38)39-19-18-37(2)30(39)41/h5-8,20,23,25H,3-4,9-19,21H2,1-2H3,(H2,32,40)(H,34,35)/t25-/m1/s1. The SMILES string of the molecule is CN1CCC2(CCC(c3ccc(Nc4nc(N5CCC[C@@H](N6CCN(C)C6=O)C5)cnc4C(N)=O)cc3)CC2)CC1. The van der Waals surface area contributed by atoms with Crippen molar-refractivity contribution in [1.82, 2.24) is 24.7 Å². The van der Waals surface area contributed by atoms with Crippen LogP contribution < -0.4 is 16.0 Å². The highest BCUT2D eigenvalue weighted by molar-refractivity contribution is 5.96. The van der Waals surface area contributed by atoms with Crippen LogP contribution in [-0.2, 0) is 0 Å². The highest BCUT2D eigenvalue weighted by Crippen LogP contribution is 2.48. The first-order chi connectivity index (χ1) is 19.8. The molecule has 1 aliphatic carbocycles. The lowest BCUT2D eigenvalue weighted by atomic mass is 9.64. The first-order valence-corrected chi connectivity index (χ1v) is 15.3. The highest BCUT2D eigenvalue weighted by Gasteiger charge is 2.38. The molecular formula is C31H44N8O2. The molecule has 220 valence electrons. The summed E-state index contributed by atoms with van der Waals surface area (Å²) in [6.45, 7) is 5.49. The van der Waals surface area contributed by atoms with Crippen LogP contribution in [0.2, 0.25) is 0 Å². The fraction of sp³-hybridized carbons (Fsp3) is 0.613. The molecule has 3 aliphatic heterocycles. The van der Waals surface area contributed by atoms with Crippen molar-refractivity contribution in [3.05, 3.63) is 41.7 Å². The Hall–Kier alpha value is -3.40. The molecular weight excluding hydrogens is 516 g/mol. The van der Waals surface area contributed by atoms with Gasteiger partial charge in [-0.25, -0.2) is 14.8 Å². The van der Waals surface area contributed by atoms with E-state index in [1.165, 1.54) is 57.2 Å². The minimum absolute atomic E-state index is 0.0902. The van der Waals surface area contributed by atoms with E-state index in [4.69, 9.17) is 10.7 Å². The van der Waals surface area contributed by atoms with Gasteiger partial charge in [-0.2, -0.15) is 0 Å². The van der Waals surface area contributed by atoms with Crippen LogP contribution in [0.4, 0.5) is 22.1 Å². The predicted octanol–water partition coefficient (Wildman–Crippen LogP) is 4.02. The topological polar surface area (TPSA) is 111 Å². The molecule has 1 saturated carbocycles. The van der Waals surface area contributed by atoms with Gasteiger partial charge in [0.15, 0.2) is 11.5 Å². The van der Waals surface area contributed by atoms with Crippen LogP contribution in [0.5, 0.6) is 0 Å². The average Bonchev–Trinajstić information content (AvgIpc) is 3.33. The second kappa shape index (κ2) is 11.5. The van der Waals surface area contributed by atoms with E-state index in [1.54, 1.807) is 11.1 Å². The maximum absolute atomic E-state index is 12.6. The number of carbonyl (C=O) groups is 2. The van der Waals surface area contributed by atoms with Gasteiger partial charge in [-0.05, 0) is 101 Å². The van der Waals surface area contributed by atoms with Crippen LogP contribution in [0.1, 0.15) is 73.3 Å². The van der Waals surface area contributed by atoms with E-state index in [0.29, 0.717) is 29.5 Å². The molecule has 10 nitrogen and oxygen atoms in total. The van der Waals surface area contributed by atoms with Gasteiger partial charge in [-0.15, -0.1) is 0 Å². The molecule has 3 amide bonds. The van der Waals surface area contributed by atoms with Crippen LogP contribution in [0.25, 0.3) is 0 Å². The Morgan fingerprint density at radius 2 is 1.71 bits per heavy atom. The molecule has 4 fully saturated rings. The van der Waals surface area contributed by atoms with E-state index in [2.05, 4.69) is 51.4 Å². The number of hydrogen-bond donors (Lipinski definition) is 2. The van der Waals surface area contributed by atoms with E-state index in [0.717, 1.165) is 38.2 Å². The third-order valence-corrected chi connectivity index (χ3v) is 10.1. The van der Waals surface area contributed by atoms with Gasteiger partial charge >= 0.3 is 6.03 Å². The van der Waals surface area contributed by atoms with Gasteiger partial charge in [-0.3, -0.25) is 4.79 Å². The summed E-state index contributed by atoms with van der Waals surface area (Å²) >= 11 is 0. The van der Waals surface area contributed by atoms with Crippen LogP contribution in [0, 0.1) is 5.41 Å².